The third-order valence-corrected chi connectivity index (χ3v) is 7.20. The molecule has 0 radical (unpaired) electrons. The summed E-state index contributed by atoms with van der Waals surface area (Å²) in [6.07, 6.45) is 2.27. The highest BCUT2D eigenvalue weighted by molar-refractivity contribution is 5.95. The molecule has 4 rings (SSSR count). The number of aryl methyl sites for hydroxylation is 1. The van der Waals surface area contributed by atoms with Crippen molar-refractivity contribution in [3.63, 3.8) is 0 Å². The van der Waals surface area contributed by atoms with Gasteiger partial charge in [0.25, 0.3) is 5.91 Å². The smallest absolute Gasteiger partial charge is 0.251 e. The number of carbonyl (C=O) groups excluding carboxylic acids is 1. The van der Waals surface area contributed by atoms with Gasteiger partial charge in [0.15, 0.2) is 11.5 Å². The van der Waals surface area contributed by atoms with Crippen LogP contribution in [0.2, 0.25) is 0 Å². The predicted octanol–water partition coefficient (Wildman–Crippen LogP) is 2.81. The lowest BCUT2D eigenvalue weighted by molar-refractivity contribution is 0.0885. The van der Waals surface area contributed by atoms with Gasteiger partial charge in [-0.2, -0.15) is 0 Å². The highest BCUT2D eigenvalue weighted by atomic mass is 16.5. The number of ether oxygens (including phenoxy) is 3. The first-order valence-electron chi connectivity index (χ1n) is 12.3. The second-order valence-corrected chi connectivity index (χ2v) is 9.39. The molecular weight excluding hydrogens is 444 g/mol. The van der Waals surface area contributed by atoms with Gasteiger partial charge in [-0.25, -0.2) is 0 Å². The van der Waals surface area contributed by atoms with Crippen LogP contribution >= 0.6 is 0 Å². The van der Waals surface area contributed by atoms with E-state index in [9.17, 15) is 4.79 Å². The van der Waals surface area contributed by atoms with E-state index in [2.05, 4.69) is 52.3 Å². The number of amides is 1. The number of anilines is 1. The number of nitrogens with zero attached hydrogens (tertiary/aromatic N) is 3. The molecule has 0 aromatic heterocycles. The molecule has 0 saturated carbocycles. The lowest BCUT2D eigenvalue weighted by atomic mass is 9.95. The van der Waals surface area contributed by atoms with Gasteiger partial charge in [-0.1, -0.05) is 12.1 Å². The van der Waals surface area contributed by atoms with E-state index in [0.29, 0.717) is 29.4 Å². The number of methoxy groups -OCH3 is 3. The molecule has 0 aliphatic carbocycles. The van der Waals surface area contributed by atoms with E-state index in [1.54, 1.807) is 33.5 Å². The Morgan fingerprint density at radius 3 is 2.26 bits per heavy atom. The van der Waals surface area contributed by atoms with E-state index in [4.69, 9.17) is 14.2 Å². The summed E-state index contributed by atoms with van der Waals surface area (Å²) in [7, 11) is 8.98. The van der Waals surface area contributed by atoms with Gasteiger partial charge in [0, 0.05) is 57.6 Å². The maximum absolute atomic E-state index is 13.2. The number of hydrogen-bond acceptors (Lipinski definition) is 7. The first kappa shape index (κ1) is 25.1. The van der Waals surface area contributed by atoms with Gasteiger partial charge in [0.2, 0.25) is 5.75 Å². The summed E-state index contributed by atoms with van der Waals surface area (Å²) < 4.78 is 16.3. The van der Waals surface area contributed by atoms with E-state index in [1.807, 2.05) is 0 Å². The minimum absolute atomic E-state index is 0.104. The molecule has 1 amide bonds. The van der Waals surface area contributed by atoms with Crippen LogP contribution < -0.4 is 24.4 Å². The molecule has 0 bridgehead atoms. The number of hydrogen-bond donors (Lipinski definition) is 1. The molecule has 35 heavy (non-hydrogen) atoms. The van der Waals surface area contributed by atoms with Crippen LogP contribution in [-0.2, 0) is 6.42 Å². The van der Waals surface area contributed by atoms with Crippen molar-refractivity contribution in [3.05, 3.63) is 47.0 Å². The Bertz CT molecular complexity index is 1010. The quantitative estimate of drug-likeness (QED) is 0.621. The Labute approximate surface area is 208 Å². The van der Waals surface area contributed by atoms with Crippen molar-refractivity contribution in [2.75, 3.05) is 79.6 Å². The zero-order valence-corrected chi connectivity index (χ0v) is 21.6. The third-order valence-electron chi connectivity index (χ3n) is 7.20. The number of likely N-dealkylation sites (N-methyl/N-ethyl adjacent to an activating group) is 1. The van der Waals surface area contributed by atoms with Gasteiger partial charge >= 0.3 is 0 Å². The fraction of sp³-hybridized carbons (Fsp3) is 0.519. The van der Waals surface area contributed by atoms with Crippen molar-refractivity contribution >= 4 is 11.6 Å². The summed E-state index contributed by atoms with van der Waals surface area (Å²) in [6.45, 7) is 5.60. The molecule has 1 fully saturated rings. The van der Waals surface area contributed by atoms with Crippen LogP contribution in [0, 0.1) is 0 Å². The molecule has 190 valence electrons. The number of fused-ring (bicyclic) bond motifs is 1. The van der Waals surface area contributed by atoms with Crippen LogP contribution in [0.1, 0.15) is 33.9 Å². The summed E-state index contributed by atoms with van der Waals surface area (Å²) in [4.78, 5) is 20.4. The SMILES string of the molecule is COc1cc(C(=O)NC[C@H](c2ccc3c(c2)CCCN3C)N2CCN(C)CC2)cc(OC)c1OC. The average molecular weight is 483 g/mol. The van der Waals surface area contributed by atoms with Crippen molar-refractivity contribution in [2.24, 2.45) is 0 Å². The molecule has 2 aromatic rings. The normalized spacial score (nSPS) is 17.5. The molecule has 8 heteroatoms. The topological polar surface area (TPSA) is 66.5 Å². The monoisotopic (exact) mass is 482 g/mol. The number of carbonyl (C=O) groups is 1. The Balaban J connectivity index is 1.57. The second-order valence-electron chi connectivity index (χ2n) is 9.39. The third kappa shape index (κ3) is 5.49. The van der Waals surface area contributed by atoms with Crippen molar-refractivity contribution in [2.45, 2.75) is 18.9 Å². The first-order chi connectivity index (χ1) is 16.9. The predicted molar refractivity (Wildman–Crippen MR) is 138 cm³/mol. The van der Waals surface area contributed by atoms with Gasteiger partial charge in [-0.05, 0) is 49.2 Å². The first-order valence-corrected chi connectivity index (χ1v) is 12.3. The molecular formula is C27H38N4O4. The van der Waals surface area contributed by atoms with E-state index in [1.165, 1.54) is 23.2 Å². The second kappa shape index (κ2) is 11.2. The van der Waals surface area contributed by atoms with Gasteiger partial charge in [0.05, 0.1) is 27.4 Å². The minimum atomic E-state index is -0.166. The standard InChI is InChI=1S/C27H38N4O4/c1-29-11-13-31(14-12-29)23(20-8-9-22-19(15-20)7-6-10-30(22)2)18-28-27(32)21-16-24(33-3)26(35-5)25(17-21)34-4/h8-9,15-17,23H,6-7,10-14,18H2,1-5H3,(H,28,32)/t23-/m1/s1. The van der Waals surface area contributed by atoms with Crippen molar-refractivity contribution in [3.8, 4) is 17.2 Å². The fourth-order valence-electron chi connectivity index (χ4n) is 5.11. The Morgan fingerprint density at radius 2 is 1.63 bits per heavy atom. The highest BCUT2D eigenvalue weighted by Gasteiger charge is 2.26. The maximum atomic E-state index is 13.2. The van der Waals surface area contributed by atoms with Crippen LogP contribution in [0.15, 0.2) is 30.3 Å². The van der Waals surface area contributed by atoms with Crippen LogP contribution in [0.5, 0.6) is 17.2 Å². The molecule has 1 atom stereocenters. The molecule has 2 aromatic carbocycles. The zero-order chi connectivity index (χ0) is 24.9. The molecule has 2 aliphatic heterocycles. The van der Waals surface area contributed by atoms with Gasteiger partial charge in [-0.15, -0.1) is 0 Å². The number of nitrogens with one attached hydrogen (secondary N) is 1. The lowest BCUT2D eigenvalue weighted by Gasteiger charge is -2.39. The Kier molecular flexibility index (Phi) is 8.03. The molecule has 0 unspecified atom stereocenters. The van der Waals surface area contributed by atoms with Crippen molar-refractivity contribution < 1.29 is 19.0 Å². The highest BCUT2D eigenvalue weighted by Crippen LogP contribution is 2.38. The maximum Gasteiger partial charge on any atom is 0.251 e. The number of benzene rings is 2. The zero-order valence-electron chi connectivity index (χ0n) is 21.6. The van der Waals surface area contributed by atoms with Crippen molar-refractivity contribution in [1.82, 2.24) is 15.1 Å². The summed E-state index contributed by atoms with van der Waals surface area (Å²) in [5.41, 5.74) is 4.45. The van der Waals surface area contributed by atoms with Crippen LogP contribution in [0.4, 0.5) is 5.69 Å². The Hall–Kier alpha value is -2.97. The minimum Gasteiger partial charge on any atom is -0.493 e. The van der Waals surface area contributed by atoms with Gasteiger partial charge in [0.1, 0.15) is 0 Å². The van der Waals surface area contributed by atoms with E-state index >= 15 is 0 Å². The van der Waals surface area contributed by atoms with Gasteiger partial charge in [-0.3, -0.25) is 9.69 Å². The number of rotatable bonds is 8. The molecule has 8 nitrogen and oxygen atoms in total. The summed E-state index contributed by atoms with van der Waals surface area (Å²) >= 11 is 0. The molecule has 2 heterocycles. The fourth-order valence-corrected chi connectivity index (χ4v) is 5.11. The molecule has 2 aliphatic rings. The summed E-state index contributed by atoms with van der Waals surface area (Å²) in [5, 5.41) is 3.18. The van der Waals surface area contributed by atoms with Crippen LogP contribution in [0.3, 0.4) is 0 Å². The van der Waals surface area contributed by atoms with Crippen molar-refractivity contribution in [1.29, 1.82) is 0 Å². The van der Waals surface area contributed by atoms with Gasteiger partial charge < -0.3 is 29.3 Å². The molecule has 0 spiro atoms. The Morgan fingerprint density at radius 1 is 0.943 bits per heavy atom. The summed E-state index contributed by atoms with van der Waals surface area (Å²) in [5.74, 6) is 1.24. The summed E-state index contributed by atoms with van der Waals surface area (Å²) in [6, 6.07) is 10.3. The largest absolute Gasteiger partial charge is 0.493 e. The van der Waals surface area contributed by atoms with Crippen LogP contribution in [-0.4, -0.2) is 90.4 Å². The molecule has 1 saturated heterocycles. The van der Waals surface area contributed by atoms with E-state index in [0.717, 1.165) is 39.1 Å². The molecule has 1 N–H and O–H groups in total. The van der Waals surface area contributed by atoms with E-state index in [-0.39, 0.29) is 11.9 Å². The lowest BCUT2D eigenvalue weighted by Crippen LogP contribution is -2.48. The van der Waals surface area contributed by atoms with E-state index < -0.39 is 0 Å². The number of piperazine rings is 1. The van der Waals surface area contributed by atoms with Crippen LogP contribution in [0.25, 0.3) is 0 Å². The average Bonchev–Trinajstić information content (AvgIpc) is 2.88.